The first kappa shape index (κ1) is 14.3. The van der Waals surface area contributed by atoms with E-state index >= 15 is 0 Å². The highest BCUT2D eigenvalue weighted by atomic mass is 14.9. The molecule has 3 rings (SSSR count). The van der Waals surface area contributed by atoms with Gasteiger partial charge in [0.2, 0.25) is 0 Å². The van der Waals surface area contributed by atoms with Gasteiger partial charge in [0.25, 0.3) is 0 Å². The Bertz CT molecular complexity index is 538. The van der Waals surface area contributed by atoms with E-state index in [0.717, 1.165) is 12.3 Å². The van der Waals surface area contributed by atoms with E-state index in [4.69, 9.17) is 0 Å². The first-order valence-corrected chi connectivity index (χ1v) is 8.17. The van der Waals surface area contributed by atoms with Crippen molar-refractivity contribution < 1.29 is 0 Å². The molecule has 1 nitrogen and oxygen atoms in total. The van der Waals surface area contributed by atoms with Crippen molar-refractivity contribution in [1.82, 2.24) is 5.32 Å². The van der Waals surface area contributed by atoms with E-state index in [1.54, 1.807) is 0 Å². The molecule has 0 saturated heterocycles. The van der Waals surface area contributed by atoms with Crippen LogP contribution in [0.15, 0.2) is 54.6 Å². The topological polar surface area (TPSA) is 12.0 Å². The maximum atomic E-state index is 3.53. The van der Waals surface area contributed by atoms with E-state index in [1.165, 1.54) is 42.4 Å². The van der Waals surface area contributed by atoms with Gasteiger partial charge in [-0.15, -0.1) is 0 Å². The van der Waals surface area contributed by atoms with Gasteiger partial charge in [0, 0.05) is 6.04 Å². The number of benzene rings is 2. The molecule has 1 unspecified atom stereocenters. The van der Waals surface area contributed by atoms with Gasteiger partial charge < -0.3 is 5.32 Å². The van der Waals surface area contributed by atoms with Crippen LogP contribution >= 0.6 is 0 Å². The molecule has 0 radical (unpaired) electrons. The fourth-order valence-electron chi connectivity index (χ4n) is 3.64. The summed E-state index contributed by atoms with van der Waals surface area (Å²) < 4.78 is 0. The molecule has 0 spiro atoms. The van der Waals surface area contributed by atoms with E-state index in [1.807, 2.05) is 0 Å². The van der Waals surface area contributed by atoms with Gasteiger partial charge in [-0.1, -0.05) is 67.4 Å². The fraction of sp³-hybridized carbons (Fsp3) is 0.400. The summed E-state index contributed by atoms with van der Waals surface area (Å²) in [6, 6.07) is 20.4. The van der Waals surface area contributed by atoms with Crippen LogP contribution in [0.2, 0.25) is 0 Å². The van der Waals surface area contributed by atoms with E-state index in [-0.39, 0.29) is 0 Å². The normalized spacial score (nSPS) is 17.0. The summed E-state index contributed by atoms with van der Waals surface area (Å²) >= 11 is 0. The van der Waals surface area contributed by atoms with E-state index in [9.17, 15) is 0 Å². The Kier molecular flexibility index (Phi) is 4.72. The van der Waals surface area contributed by atoms with Crippen molar-refractivity contribution in [1.29, 1.82) is 0 Å². The molecule has 0 bridgehead atoms. The van der Waals surface area contributed by atoms with Crippen LogP contribution in [0.4, 0.5) is 0 Å². The molecule has 21 heavy (non-hydrogen) atoms. The van der Waals surface area contributed by atoms with E-state index in [2.05, 4.69) is 67.0 Å². The predicted octanol–water partition coefficient (Wildman–Crippen LogP) is 4.73. The van der Waals surface area contributed by atoms with Crippen LogP contribution in [0.1, 0.15) is 48.4 Å². The number of hydrogen-bond acceptors (Lipinski definition) is 1. The van der Waals surface area contributed by atoms with Crippen LogP contribution in [0.3, 0.4) is 0 Å². The lowest BCUT2D eigenvalue weighted by Gasteiger charge is -2.23. The Morgan fingerprint density at radius 1 is 0.905 bits per heavy atom. The van der Waals surface area contributed by atoms with Gasteiger partial charge in [0.05, 0.1) is 0 Å². The summed E-state index contributed by atoms with van der Waals surface area (Å²) in [7, 11) is 2.10. The average molecular weight is 279 g/mol. The summed E-state index contributed by atoms with van der Waals surface area (Å²) in [5, 5.41) is 3.53. The summed E-state index contributed by atoms with van der Waals surface area (Å²) in [5.41, 5.74) is 4.22. The Labute approximate surface area is 128 Å². The molecular formula is C20H25N. The van der Waals surface area contributed by atoms with Gasteiger partial charge in [-0.05, 0) is 48.9 Å². The molecule has 0 aliphatic heterocycles. The minimum absolute atomic E-state index is 0.526. The minimum atomic E-state index is 0.526. The van der Waals surface area contributed by atoms with Crippen molar-refractivity contribution >= 4 is 0 Å². The molecule has 1 atom stereocenters. The van der Waals surface area contributed by atoms with Crippen molar-refractivity contribution in [2.75, 3.05) is 7.05 Å². The molecule has 0 heterocycles. The highest BCUT2D eigenvalue weighted by Gasteiger charge is 2.24. The zero-order valence-electron chi connectivity index (χ0n) is 12.9. The summed E-state index contributed by atoms with van der Waals surface area (Å²) in [6.07, 6.45) is 6.56. The summed E-state index contributed by atoms with van der Waals surface area (Å²) in [4.78, 5) is 0. The molecule has 2 aromatic rings. The smallest absolute Gasteiger partial charge is 0.0346 e. The summed E-state index contributed by atoms with van der Waals surface area (Å²) in [5.74, 6) is 0.815. The Morgan fingerprint density at radius 3 is 2.14 bits per heavy atom. The van der Waals surface area contributed by atoms with Gasteiger partial charge in [-0.25, -0.2) is 0 Å². The molecule has 0 aromatic heterocycles. The van der Waals surface area contributed by atoms with Crippen molar-refractivity contribution in [3.8, 4) is 0 Å². The monoisotopic (exact) mass is 279 g/mol. The molecule has 1 saturated carbocycles. The van der Waals surface area contributed by atoms with E-state index < -0.39 is 0 Å². The molecule has 0 amide bonds. The molecule has 1 aliphatic rings. The van der Waals surface area contributed by atoms with Gasteiger partial charge in [-0.2, -0.15) is 0 Å². The standard InChI is InChI=1S/C20H25N/c1-21-20(18-9-5-6-10-18)19-13-11-17(12-14-19)15-16-7-3-2-4-8-16/h2-4,7-8,11-14,18,20-21H,5-6,9-10,15H2,1H3. The average Bonchev–Trinajstić information content (AvgIpc) is 3.05. The zero-order valence-corrected chi connectivity index (χ0v) is 12.9. The first-order valence-electron chi connectivity index (χ1n) is 8.17. The van der Waals surface area contributed by atoms with Crippen molar-refractivity contribution in [3.05, 3.63) is 71.3 Å². The van der Waals surface area contributed by atoms with Crippen molar-refractivity contribution in [2.24, 2.45) is 5.92 Å². The van der Waals surface area contributed by atoms with Crippen LogP contribution in [0.25, 0.3) is 0 Å². The SMILES string of the molecule is CNC(c1ccc(Cc2ccccc2)cc1)C1CCCC1. The van der Waals surface area contributed by atoms with Crippen LogP contribution < -0.4 is 5.32 Å². The van der Waals surface area contributed by atoms with Crippen LogP contribution in [0, 0.1) is 5.92 Å². The lowest BCUT2D eigenvalue weighted by Crippen LogP contribution is -2.23. The lowest BCUT2D eigenvalue weighted by atomic mass is 9.91. The number of rotatable bonds is 5. The van der Waals surface area contributed by atoms with Gasteiger partial charge in [0.1, 0.15) is 0 Å². The van der Waals surface area contributed by atoms with Gasteiger partial charge in [0.15, 0.2) is 0 Å². The Morgan fingerprint density at radius 2 is 1.52 bits per heavy atom. The largest absolute Gasteiger partial charge is 0.313 e. The second kappa shape index (κ2) is 6.91. The third-order valence-corrected chi connectivity index (χ3v) is 4.77. The zero-order chi connectivity index (χ0) is 14.5. The van der Waals surface area contributed by atoms with E-state index in [0.29, 0.717) is 6.04 Å². The quantitative estimate of drug-likeness (QED) is 0.834. The molecular weight excluding hydrogens is 254 g/mol. The number of hydrogen-bond donors (Lipinski definition) is 1. The summed E-state index contributed by atoms with van der Waals surface area (Å²) in [6.45, 7) is 0. The van der Waals surface area contributed by atoms with Crippen LogP contribution in [-0.4, -0.2) is 7.05 Å². The van der Waals surface area contributed by atoms with Crippen LogP contribution in [0.5, 0.6) is 0 Å². The molecule has 1 heteroatoms. The highest BCUT2D eigenvalue weighted by molar-refractivity contribution is 5.30. The maximum Gasteiger partial charge on any atom is 0.0346 e. The Balaban J connectivity index is 1.71. The Hall–Kier alpha value is -1.60. The second-order valence-corrected chi connectivity index (χ2v) is 6.21. The van der Waals surface area contributed by atoms with Crippen molar-refractivity contribution in [2.45, 2.75) is 38.1 Å². The third-order valence-electron chi connectivity index (χ3n) is 4.77. The predicted molar refractivity (Wildman–Crippen MR) is 89.4 cm³/mol. The number of nitrogens with one attached hydrogen (secondary N) is 1. The molecule has 1 aliphatic carbocycles. The lowest BCUT2D eigenvalue weighted by molar-refractivity contribution is 0.390. The molecule has 1 N–H and O–H groups in total. The first-order chi connectivity index (χ1) is 10.4. The van der Waals surface area contributed by atoms with Gasteiger partial charge >= 0.3 is 0 Å². The minimum Gasteiger partial charge on any atom is -0.313 e. The highest BCUT2D eigenvalue weighted by Crippen LogP contribution is 2.35. The molecule has 110 valence electrons. The third kappa shape index (κ3) is 3.54. The molecule has 2 aromatic carbocycles. The van der Waals surface area contributed by atoms with Crippen molar-refractivity contribution in [3.63, 3.8) is 0 Å². The van der Waals surface area contributed by atoms with Gasteiger partial charge in [-0.3, -0.25) is 0 Å². The van der Waals surface area contributed by atoms with Crippen LogP contribution in [-0.2, 0) is 6.42 Å². The fourth-order valence-corrected chi connectivity index (χ4v) is 3.64. The molecule has 1 fully saturated rings. The maximum absolute atomic E-state index is 3.53. The second-order valence-electron chi connectivity index (χ2n) is 6.21.